The van der Waals surface area contributed by atoms with Gasteiger partial charge in [0.05, 0.1) is 39.6 Å². The van der Waals surface area contributed by atoms with Crippen LogP contribution in [0.5, 0.6) is 0 Å². The van der Waals surface area contributed by atoms with Crippen LogP contribution in [0.25, 0.3) is 0 Å². The van der Waals surface area contributed by atoms with E-state index in [1.165, 1.54) is 6.08 Å². The molecule has 0 heterocycles. The van der Waals surface area contributed by atoms with Gasteiger partial charge in [-0.1, -0.05) is 39.7 Å². The van der Waals surface area contributed by atoms with E-state index in [0.29, 0.717) is 6.42 Å². The maximum Gasteiger partial charge on any atom is 0.330 e. The molecule has 14 nitrogen and oxygen atoms in total. The monoisotopic (exact) mass is 618 g/mol. The van der Waals surface area contributed by atoms with Crippen LogP contribution in [0.2, 0.25) is 0 Å². The highest BCUT2D eigenvalue weighted by atomic mass is 16.6. The highest BCUT2D eigenvalue weighted by Gasteiger charge is 2.38. The first kappa shape index (κ1) is 41.7. The Morgan fingerprint density at radius 3 is 1.16 bits per heavy atom. The van der Waals surface area contributed by atoms with Gasteiger partial charge in [-0.3, -0.25) is 0 Å². The Kier molecular flexibility index (Phi) is 21.5. The van der Waals surface area contributed by atoms with Gasteiger partial charge in [0.15, 0.2) is 0 Å². The van der Waals surface area contributed by atoms with Gasteiger partial charge in [-0.2, -0.15) is 0 Å². The van der Waals surface area contributed by atoms with Crippen LogP contribution >= 0.6 is 0 Å². The number of esters is 4. The number of hydrogen-bond acceptors (Lipinski definition) is 14. The summed E-state index contributed by atoms with van der Waals surface area (Å²) in [4.78, 5) is 47.0. The molecule has 1 atom stereocenters. The van der Waals surface area contributed by atoms with Crippen molar-refractivity contribution in [1.29, 1.82) is 0 Å². The average molecular weight is 619 g/mol. The van der Waals surface area contributed by atoms with E-state index in [2.05, 4.69) is 19.7 Å². The first-order valence-corrected chi connectivity index (χ1v) is 13.2. The maximum atomic E-state index is 12.3. The van der Waals surface area contributed by atoms with Crippen LogP contribution in [0.15, 0.2) is 50.1 Å². The standard InChI is InChI=1S/C23H32O11.C6H14O3/c1-5-18(27)31-13-22(14-32-19(28)6-2,15-33-20(29)7-3)16-34-21(30)9-8-17(4)23(10-24,11-25)12-26;1-2-6(3-7,4-8)5-9/h5-9,17,24-26H,1-3,10-16H2,4H3;7-9H,2-5H2,1H3. The molecule has 0 aliphatic rings. The van der Waals surface area contributed by atoms with Gasteiger partial charge in [0.1, 0.15) is 31.8 Å². The van der Waals surface area contributed by atoms with Crippen molar-refractivity contribution < 1.29 is 68.8 Å². The number of hydrogen-bond donors (Lipinski definition) is 6. The Morgan fingerprint density at radius 2 is 0.930 bits per heavy atom. The lowest BCUT2D eigenvalue weighted by molar-refractivity contribution is -0.164. The second kappa shape index (κ2) is 22.2. The van der Waals surface area contributed by atoms with Crippen LogP contribution in [0.1, 0.15) is 20.3 Å². The molecule has 6 N–H and O–H groups in total. The van der Waals surface area contributed by atoms with E-state index in [-0.39, 0.29) is 19.8 Å². The molecular formula is C29H46O14. The third-order valence-electron chi connectivity index (χ3n) is 6.77. The lowest BCUT2D eigenvalue weighted by atomic mass is 9.78. The van der Waals surface area contributed by atoms with Crippen LogP contribution in [0.4, 0.5) is 0 Å². The Bertz CT molecular complexity index is 833. The zero-order valence-electron chi connectivity index (χ0n) is 24.8. The molecule has 0 saturated heterocycles. The van der Waals surface area contributed by atoms with Crippen molar-refractivity contribution in [2.45, 2.75) is 20.3 Å². The van der Waals surface area contributed by atoms with Crippen LogP contribution in [-0.4, -0.2) is 121 Å². The van der Waals surface area contributed by atoms with Crippen molar-refractivity contribution in [3.05, 3.63) is 50.1 Å². The van der Waals surface area contributed by atoms with Gasteiger partial charge in [-0.25, -0.2) is 19.2 Å². The smallest absolute Gasteiger partial charge is 0.330 e. The predicted octanol–water partition coefficient (Wildman–Crippen LogP) is -0.781. The quantitative estimate of drug-likeness (QED) is 0.0527. The molecule has 0 fully saturated rings. The van der Waals surface area contributed by atoms with Crippen molar-refractivity contribution in [3.63, 3.8) is 0 Å². The molecule has 0 aliphatic carbocycles. The molecule has 246 valence electrons. The first-order valence-electron chi connectivity index (χ1n) is 13.2. The molecule has 43 heavy (non-hydrogen) atoms. The number of allylic oxidation sites excluding steroid dienone is 1. The van der Waals surface area contributed by atoms with Gasteiger partial charge in [0.2, 0.25) is 0 Å². The summed E-state index contributed by atoms with van der Waals surface area (Å²) in [6.07, 6.45) is 5.62. The molecule has 0 saturated carbocycles. The third kappa shape index (κ3) is 15.1. The SMILES string of the molecule is C=CC(=O)OCC(COC(=O)C=C)(COC(=O)C=C)COC(=O)C=CC(C)C(CO)(CO)CO.CCC(CO)(CO)CO. The second-order valence-corrected chi connectivity index (χ2v) is 9.86. The van der Waals surface area contributed by atoms with Gasteiger partial charge >= 0.3 is 23.9 Å². The van der Waals surface area contributed by atoms with Gasteiger partial charge in [0.25, 0.3) is 0 Å². The van der Waals surface area contributed by atoms with Crippen LogP contribution in [0.3, 0.4) is 0 Å². The number of ether oxygens (including phenoxy) is 4. The van der Waals surface area contributed by atoms with Gasteiger partial charge in [0, 0.05) is 35.1 Å². The summed E-state index contributed by atoms with van der Waals surface area (Å²) in [5, 5.41) is 54.4. The second-order valence-electron chi connectivity index (χ2n) is 9.86. The van der Waals surface area contributed by atoms with Crippen molar-refractivity contribution >= 4 is 23.9 Å². The number of rotatable bonds is 21. The van der Waals surface area contributed by atoms with Crippen LogP contribution in [0, 0.1) is 22.2 Å². The van der Waals surface area contributed by atoms with E-state index in [4.69, 9.17) is 34.3 Å². The largest absolute Gasteiger partial charge is 0.462 e. The maximum absolute atomic E-state index is 12.3. The number of carbonyl (C=O) groups excluding carboxylic acids is 4. The van der Waals surface area contributed by atoms with Crippen molar-refractivity contribution in [2.75, 3.05) is 66.1 Å². The highest BCUT2D eigenvalue weighted by Crippen LogP contribution is 2.27. The van der Waals surface area contributed by atoms with E-state index in [0.717, 1.165) is 24.3 Å². The third-order valence-corrected chi connectivity index (χ3v) is 6.77. The molecule has 0 aromatic heterocycles. The minimum Gasteiger partial charge on any atom is -0.462 e. The minimum atomic E-state index is -1.48. The molecule has 14 heteroatoms. The van der Waals surface area contributed by atoms with Crippen molar-refractivity contribution in [2.24, 2.45) is 22.2 Å². The summed E-state index contributed by atoms with van der Waals surface area (Å²) in [5.41, 5.74) is -3.40. The highest BCUT2D eigenvalue weighted by molar-refractivity contribution is 5.83. The number of carbonyl (C=O) groups is 4. The Morgan fingerprint density at radius 1 is 0.605 bits per heavy atom. The zero-order chi connectivity index (χ0) is 33.5. The van der Waals surface area contributed by atoms with Gasteiger partial charge in [-0.15, -0.1) is 0 Å². The first-order chi connectivity index (χ1) is 20.3. The summed E-state index contributed by atoms with van der Waals surface area (Å²) in [6, 6.07) is 0. The van der Waals surface area contributed by atoms with E-state index in [1.54, 1.807) is 6.92 Å². The number of aliphatic hydroxyl groups is 6. The van der Waals surface area contributed by atoms with Crippen LogP contribution in [-0.2, 0) is 38.1 Å². The molecule has 1 unspecified atom stereocenters. The molecule has 0 rings (SSSR count). The average Bonchev–Trinajstić information content (AvgIpc) is 3.05. The van der Waals surface area contributed by atoms with Gasteiger partial charge < -0.3 is 49.6 Å². The minimum absolute atomic E-state index is 0.156. The molecule has 0 radical (unpaired) electrons. The summed E-state index contributed by atoms with van der Waals surface area (Å²) in [7, 11) is 0. The summed E-state index contributed by atoms with van der Waals surface area (Å²) < 4.78 is 20.3. The normalized spacial score (nSPS) is 12.3. The fourth-order valence-corrected chi connectivity index (χ4v) is 2.87. The van der Waals surface area contributed by atoms with Gasteiger partial charge in [-0.05, 0) is 12.3 Å². The lowest BCUT2D eigenvalue weighted by Gasteiger charge is -2.32. The molecule has 0 bridgehead atoms. The van der Waals surface area contributed by atoms with Crippen molar-refractivity contribution in [1.82, 2.24) is 0 Å². The molecule has 0 spiro atoms. The molecule has 0 amide bonds. The zero-order valence-corrected chi connectivity index (χ0v) is 24.8. The van der Waals surface area contributed by atoms with E-state index in [9.17, 15) is 34.5 Å². The predicted molar refractivity (Wildman–Crippen MR) is 153 cm³/mol. The Labute approximate surface area is 251 Å². The van der Waals surface area contributed by atoms with Crippen LogP contribution < -0.4 is 0 Å². The molecule has 0 aliphatic heterocycles. The van der Waals surface area contributed by atoms with E-state index < -0.39 is 92.3 Å². The Hall–Kier alpha value is -3.40. The molecular weight excluding hydrogens is 572 g/mol. The molecule has 0 aromatic rings. The summed E-state index contributed by atoms with van der Waals surface area (Å²) >= 11 is 0. The summed E-state index contributed by atoms with van der Waals surface area (Å²) in [6.45, 7) is 9.26. The Balaban J connectivity index is 0. The number of aliphatic hydroxyl groups excluding tert-OH is 6. The fourth-order valence-electron chi connectivity index (χ4n) is 2.87. The van der Waals surface area contributed by atoms with E-state index in [1.807, 2.05) is 6.92 Å². The van der Waals surface area contributed by atoms with Crippen molar-refractivity contribution in [3.8, 4) is 0 Å². The van der Waals surface area contributed by atoms with E-state index >= 15 is 0 Å². The fraction of sp³-hybridized carbons (Fsp3) is 0.586. The summed E-state index contributed by atoms with van der Waals surface area (Å²) in [5.74, 6) is -3.94. The topological polar surface area (TPSA) is 227 Å². The molecule has 0 aromatic carbocycles. The lowest BCUT2D eigenvalue weighted by Crippen LogP contribution is -2.43.